The highest BCUT2D eigenvalue weighted by molar-refractivity contribution is 5.95. The molecule has 0 aliphatic carbocycles. The Hall–Kier alpha value is -1.78. The average Bonchev–Trinajstić information content (AvgIpc) is 2.10. The quantitative estimate of drug-likeness (QED) is 0.503. The third-order valence-corrected chi connectivity index (χ3v) is 1.52. The van der Waals surface area contributed by atoms with Gasteiger partial charge in [-0.05, 0) is 6.07 Å². The normalized spacial score (nSPS) is 9.69. The van der Waals surface area contributed by atoms with Crippen LogP contribution in [0.5, 0.6) is 5.75 Å². The summed E-state index contributed by atoms with van der Waals surface area (Å²) in [6, 6.07) is 1.79. The Bertz CT molecular complexity index is 351. The van der Waals surface area contributed by atoms with Crippen molar-refractivity contribution in [3.05, 3.63) is 23.5 Å². The van der Waals surface area contributed by atoms with Crippen molar-refractivity contribution in [2.45, 2.75) is 0 Å². The van der Waals surface area contributed by atoms with E-state index in [0.29, 0.717) is 0 Å². The van der Waals surface area contributed by atoms with Gasteiger partial charge in [-0.15, -0.1) is 0 Å². The number of carbonyl (C=O) groups is 1. The maximum Gasteiger partial charge on any atom is 0.340 e. The molecule has 0 saturated carbocycles. The number of halogens is 1. The summed E-state index contributed by atoms with van der Waals surface area (Å²) >= 11 is 0. The Kier molecular flexibility index (Phi) is 2.36. The van der Waals surface area contributed by atoms with E-state index in [1.807, 2.05) is 0 Å². The molecule has 1 rings (SSSR count). The number of phenols is 1. The molecule has 13 heavy (non-hydrogen) atoms. The monoisotopic (exact) mass is 185 g/mol. The number of aromatic hydroxyl groups is 1. The second-order valence-electron chi connectivity index (χ2n) is 2.38. The van der Waals surface area contributed by atoms with Crippen molar-refractivity contribution < 1.29 is 19.0 Å². The number of methoxy groups -OCH3 is 1. The highest BCUT2D eigenvalue weighted by Crippen LogP contribution is 2.23. The Morgan fingerprint density at radius 1 is 1.62 bits per heavy atom. The molecule has 1 aromatic rings. The Morgan fingerprint density at radius 2 is 2.23 bits per heavy atom. The smallest absolute Gasteiger partial charge is 0.340 e. The highest BCUT2D eigenvalue weighted by atomic mass is 19.1. The van der Waals surface area contributed by atoms with Crippen molar-refractivity contribution in [1.29, 1.82) is 0 Å². The molecule has 0 atom stereocenters. The van der Waals surface area contributed by atoms with Crippen LogP contribution in [0.2, 0.25) is 0 Å². The maximum atomic E-state index is 12.7. The number of phenolic OH excluding ortho intramolecular Hbond substituents is 1. The van der Waals surface area contributed by atoms with Crippen LogP contribution in [0.4, 0.5) is 10.1 Å². The Morgan fingerprint density at radius 3 is 2.77 bits per heavy atom. The standard InChI is InChI=1S/C8H8FNO3/c1-13-8(12)4-2-5(9)7(11)3-6(4)10/h2-3,11H,10H2,1H3. The van der Waals surface area contributed by atoms with Crippen LogP contribution in [0.1, 0.15) is 10.4 Å². The lowest BCUT2D eigenvalue weighted by Gasteiger charge is -2.04. The summed E-state index contributed by atoms with van der Waals surface area (Å²) in [6.07, 6.45) is 0. The van der Waals surface area contributed by atoms with Gasteiger partial charge >= 0.3 is 5.97 Å². The number of hydrogen-bond acceptors (Lipinski definition) is 4. The van der Waals surface area contributed by atoms with Gasteiger partial charge < -0.3 is 15.6 Å². The molecule has 0 fully saturated rings. The van der Waals surface area contributed by atoms with Gasteiger partial charge in [0.15, 0.2) is 11.6 Å². The van der Waals surface area contributed by atoms with E-state index in [4.69, 9.17) is 10.8 Å². The van der Waals surface area contributed by atoms with E-state index >= 15 is 0 Å². The van der Waals surface area contributed by atoms with Gasteiger partial charge in [0.25, 0.3) is 0 Å². The molecule has 0 amide bonds. The number of ether oxygens (including phenoxy) is 1. The van der Waals surface area contributed by atoms with Gasteiger partial charge in [-0.1, -0.05) is 0 Å². The maximum absolute atomic E-state index is 12.7. The van der Waals surface area contributed by atoms with Crippen LogP contribution < -0.4 is 5.73 Å². The second kappa shape index (κ2) is 3.30. The predicted octanol–water partition coefficient (Wildman–Crippen LogP) is 0.900. The lowest BCUT2D eigenvalue weighted by atomic mass is 10.1. The minimum Gasteiger partial charge on any atom is -0.505 e. The molecule has 0 radical (unpaired) electrons. The van der Waals surface area contributed by atoms with E-state index in [2.05, 4.69) is 4.74 Å². The molecular weight excluding hydrogens is 177 g/mol. The number of nitrogen functional groups attached to an aromatic ring is 1. The first-order valence-electron chi connectivity index (χ1n) is 3.42. The van der Waals surface area contributed by atoms with E-state index in [0.717, 1.165) is 19.2 Å². The first-order valence-corrected chi connectivity index (χ1v) is 3.42. The van der Waals surface area contributed by atoms with E-state index in [1.165, 1.54) is 0 Å². The summed E-state index contributed by atoms with van der Waals surface area (Å²) in [7, 11) is 1.16. The molecule has 0 heterocycles. The molecular formula is C8H8FNO3. The summed E-state index contributed by atoms with van der Waals surface area (Å²) in [4.78, 5) is 10.9. The van der Waals surface area contributed by atoms with Crippen LogP contribution in [0, 0.1) is 5.82 Å². The van der Waals surface area contributed by atoms with Crippen LogP contribution in [0.15, 0.2) is 12.1 Å². The van der Waals surface area contributed by atoms with Crippen LogP contribution in [0.25, 0.3) is 0 Å². The van der Waals surface area contributed by atoms with Crippen LogP contribution >= 0.6 is 0 Å². The summed E-state index contributed by atoms with van der Waals surface area (Å²) in [5, 5.41) is 8.87. The molecule has 1 aromatic carbocycles. The lowest BCUT2D eigenvalue weighted by Crippen LogP contribution is -2.06. The Labute approximate surface area is 73.7 Å². The summed E-state index contributed by atoms with van der Waals surface area (Å²) in [5.74, 6) is -2.24. The molecule has 4 nitrogen and oxygen atoms in total. The van der Waals surface area contributed by atoms with E-state index in [9.17, 15) is 9.18 Å². The zero-order valence-electron chi connectivity index (χ0n) is 6.87. The van der Waals surface area contributed by atoms with Gasteiger partial charge in [-0.25, -0.2) is 9.18 Å². The van der Waals surface area contributed by atoms with Gasteiger partial charge in [0, 0.05) is 6.07 Å². The predicted molar refractivity (Wildman–Crippen MR) is 43.8 cm³/mol. The van der Waals surface area contributed by atoms with Gasteiger partial charge in [0.2, 0.25) is 0 Å². The fraction of sp³-hybridized carbons (Fsp3) is 0.125. The van der Waals surface area contributed by atoms with Crippen LogP contribution in [-0.4, -0.2) is 18.2 Å². The van der Waals surface area contributed by atoms with Gasteiger partial charge in [0.05, 0.1) is 18.4 Å². The second-order valence-corrected chi connectivity index (χ2v) is 2.38. The minimum absolute atomic E-state index is 0.0225. The number of hydrogen-bond donors (Lipinski definition) is 2. The number of benzene rings is 1. The van der Waals surface area contributed by atoms with Gasteiger partial charge in [-0.3, -0.25) is 0 Å². The van der Waals surface area contributed by atoms with E-state index in [1.54, 1.807) is 0 Å². The zero-order valence-corrected chi connectivity index (χ0v) is 6.87. The molecule has 0 saturated heterocycles. The molecule has 0 aliphatic heterocycles. The number of anilines is 1. The third kappa shape index (κ3) is 1.69. The summed E-state index contributed by atoms with van der Waals surface area (Å²) in [5.41, 5.74) is 5.22. The minimum atomic E-state index is -0.908. The van der Waals surface area contributed by atoms with Crippen molar-refractivity contribution >= 4 is 11.7 Å². The molecule has 0 aliphatic rings. The third-order valence-electron chi connectivity index (χ3n) is 1.52. The van der Waals surface area contributed by atoms with Crippen LogP contribution in [0.3, 0.4) is 0 Å². The van der Waals surface area contributed by atoms with E-state index in [-0.39, 0.29) is 11.3 Å². The molecule has 0 aromatic heterocycles. The van der Waals surface area contributed by atoms with Gasteiger partial charge in [-0.2, -0.15) is 0 Å². The van der Waals surface area contributed by atoms with Crippen molar-refractivity contribution in [2.75, 3.05) is 12.8 Å². The molecule has 0 bridgehead atoms. The van der Waals surface area contributed by atoms with Crippen molar-refractivity contribution in [2.24, 2.45) is 0 Å². The first-order chi connectivity index (χ1) is 6.06. The lowest BCUT2D eigenvalue weighted by molar-refractivity contribution is 0.0601. The summed E-state index contributed by atoms with van der Waals surface area (Å²) in [6.45, 7) is 0. The zero-order chi connectivity index (χ0) is 10.0. The average molecular weight is 185 g/mol. The Balaban J connectivity index is 3.23. The van der Waals surface area contributed by atoms with Crippen molar-refractivity contribution in [3.8, 4) is 5.75 Å². The number of rotatable bonds is 1. The van der Waals surface area contributed by atoms with Gasteiger partial charge in [0.1, 0.15) is 0 Å². The first kappa shape index (κ1) is 9.31. The molecule has 70 valence electrons. The van der Waals surface area contributed by atoms with E-state index < -0.39 is 17.5 Å². The van der Waals surface area contributed by atoms with Crippen LogP contribution in [-0.2, 0) is 4.74 Å². The van der Waals surface area contributed by atoms with Crippen molar-refractivity contribution in [1.82, 2.24) is 0 Å². The molecule has 0 unspecified atom stereocenters. The molecule has 0 spiro atoms. The fourth-order valence-corrected chi connectivity index (χ4v) is 0.865. The number of esters is 1. The number of carbonyl (C=O) groups excluding carboxylic acids is 1. The topological polar surface area (TPSA) is 72.5 Å². The fourth-order valence-electron chi connectivity index (χ4n) is 0.865. The number of nitrogens with two attached hydrogens (primary N) is 1. The highest BCUT2D eigenvalue weighted by Gasteiger charge is 2.13. The summed E-state index contributed by atoms with van der Waals surface area (Å²) < 4.78 is 17.1. The largest absolute Gasteiger partial charge is 0.505 e. The SMILES string of the molecule is COC(=O)c1cc(F)c(O)cc1N. The molecule has 5 heteroatoms. The molecule has 3 N–H and O–H groups in total. The van der Waals surface area contributed by atoms with Crippen molar-refractivity contribution in [3.63, 3.8) is 0 Å².